The largest absolute Gasteiger partial charge is 0.426 e. The van der Waals surface area contributed by atoms with Gasteiger partial charge in [0.15, 0.2) is 0 Å². The summed E-state index contributed by atoms with van der Waals surface area (Å²) < 4.78 is 5.98. The number of para-hydroxylation sites is 1. The molecule has 4 nitrogen and oxygen atoms in total. The molecule has 1 atom stereocenters. The summed E-state index contributed by atoms with van der Waals surface area (Å²) in [6.45, 7) is 0.287. The van der Waals surface area contributed by atoms with Gasteiger partial charge in [0.05, 0.1) is 21.2 Å². The molecule has 140 valence electrons. The molecule has 2 heterocycles. The molecule has 0 bridgehead atoms. The summed E-state index contributed by atoms with van der Waals surface area (Å²) in [7, 11) is 0. The standard InChI is InChI=1S/C20H18ClNO3S2/c21-16-3-1-2-4-17(16)22-12-14(11-18(22)23)19(24)25-15-7-5-13(6-8-15)20-26-9-10-27-20/h1-8,14,20H,9-12H2. The van der Waals surface area contributed by atoms with Crippen LogP contribution in [0.4, 0.5) is 5.69 Å². The lowest BCUT2D eigenvalue weighted by Gasteiger charge is -2.17. The fourth-order valence-electron chi connectivity index (χ4n) is 3.21. The average molecular weight is 420 g/mol. The first-order valence-corrected chi connectivity index (χ1v) is 11.2. The van der Waals surface area contributed by atoms with Gasteiger partial charge in [-0.1, -0.05) is 35.9 Å². The van der Waals surface area contributed by atoms with Crippen LogP contribution in [-0.2, 0) is 9.59 Å². The van der Waals surface area contributed by atoms with Gasteiger partial charge < -0.3 is 9.64 Å². The first-order chi connectivity index (χ1) is 13.1. The number of benzene rings is 2. The van der Waals surface area contributed by atoms with E-state index < -0.39 is 5.92 Å². The van der Waals surface area contributed by atoms with Crippen molar-refractivity contribution in [3.63, 3.8) is 0 Å². The summed E-state index contributed by atoms with van der Waals surface area (Å²) in [5.74, 6) is 1.87. The first kappa shape index (κ1) is 18.7. The monoisotopic (exact) mass is 419 g/mol. The van der Waals surface area contributed by atoms with Gasteiger partial charge >= 0.3 is 5.97 Å². The van der Waals surface area contributed by atoms with Gasteiger partial charge in [-0.3, -0.25) is 9.59 Å². The third-order valence-corrected chi connectivity index (χ3v) is 8.02. The highest BCUT2D eigenvalue weighted by atomic mass is 35.5. The maximum absolute atomic E-state index is 12.5. The molecule has 0 N–H and O–H groups in total. The number of halogens is 1. The van der Waals surface area contributed by atoms with Gasteiger partial charge in [0.2, 0.25) is 5.91 Å². The lowest BCUT2D eigenvalue weighted by atomic mass is 10.1. The highest BCUT2D eigenvalue weighted by Crippen LogP contribution is 2.45. The predicted molar refractivity (Wildman–Crippen MR) is 112 cm³/mol. The lowest BCUT2D eigenvalue weighted by Crippen LogP contribution is -2.27. The molecule has 0 radical (unpaired) electrons. The number of ether oxygens (including phenoxy) is 1. The first-order valence-electron chi connectivity index (χ1n) is 8.71. The van der Waals surface area contributed by atoms with E-state index in [1.807, 2.05) is 59.9 Å². The zero-order valence-corrected chi connectivity index (χ0v) is 16.9. The number of amides is 1. The van der Waals surface area contributed by atoms with Crippen molar-refractivity contribution < 1.29 is 14.3 Å². The Hall–Kier alpha value is -1.63. The topological polar surface area (TPSA) is 46.6 Å². The second-order valence-electron chi connectivity index (χ2n) is 6.42. The molecule has 27 heavy (non-hydrogen) atoms. The minimum atomic E-state index is -0.491. The Morgan fingerprint density at radius 2 is 1.78 bits per heavy atom. The molecule has 4 rings (SSSR count). The Morgan fingerprint density at radius 1 is 1.07 bits per heavy atom. The van der Waals surface area contributed by atoms with Crippen LogP contribution in [0.25, 0.3) is 0 Å². The number of hydrogen-bond acceptors (Lipinski definition) is 5. The Labute approximate surface area is 171 Å². The van der Waals surface area contributed by atoms with Gasteiger partial charge in [-0.05, 0) is 29.8 Å². The van der Waals surface area contributed by atoms with Gasteiger partial charge in [-0.2, -0.15) is 0 Å². The number of esters is 1. The highest BCUT2D eigenvalue weighted by molar-refractivity contribution is 8.19. The summed E-state index contributed by atoms with van der Waals surface area (Å²) in [4.78, 5) is 26.4. The number of nitrogens with zero attached hydrogens (tertiary/aromatic N) is 1. The number of hydrogen-bond donors (Lipinski definition) is 0. The summed E-state index contributed by atoms with van der Waals surface area (Å²) in [6, 6.07) is 14.8. The second kappa shape index (κ2) is 8.17. The Bertz CT molecular complexity index is 853. The van der Waals surface area contributed by atoms with Crippen LogP contribution < -0.4 is 9.64 Å². The normalized spacial score (nSPS) is 20.3. The van der Waals surface area contributed by atoms with Crippen molar-refractivity contribution in [1.82, 2.24) is 0 Å². The van der Waals surface area contributed by atoms with E-state index in [-0.39, 0.29) is 24.8 Å². The van der Waals surface area contributed by atoms with E-state index in [1.165, 1.54) is 17.1 Å². The summed E-state index contributed by atoms with van der Waals surface area (Å²) >= 11 is 10.1. The van der Waals surface area contributed by atoms with Crippen LogP contribution in [0.3, 0.4) is 0 Å². The Kier molecular flexibility index (Phi) is 5.66. The third kappa shape index (κ3) is 4.13. The quantitative estimate of drug-likeness (QED) is 0.527. The van der Waals surface area contributed by atoms with Crippen molar-refractivity contribution in [3.05, 3.63) is 59.1 Å². The summed E-state index contributed by atoms with van der Waals surface area (Å²) in [5.41, 5.74) is 1.87. The summed E-state index contributed by atoms with van der Waals surface area (Å²) in [5, 5.41) is 0.498. The number of carbonyl (C=O) groups excluding carboxylic acids is 2. The molecular formula is C20H18ClNO3S2. The fourth-order valence-corrected chi connectivity index (χ4v) is 6.31. The van der Waals surface area contributed by atoms with Gasteiger partial charge in [0.1, 0.15) is 5.75 Å². The molecule has 1 amide bonds. The molecule has 0 saturated carbocycles. The molecule has 2 aliphatic heterocycles. The molecule has 2 aromatic rings. The summed E-state index contributed by atoms with van der Waals surface area (Å²) in [6.07, 6.45) is 0.136. The van der Waals surface area contributed by atoms with Gasteiger partial charge in [0.25, 0.3) is 0 Å². The van der Waals surface area contributed by atoms with Crippen molar-refractivity contribution in [3.8, 4) is 5.75 Å². The second-order valence-corrected chi connectivity index (χ2v) is 9.55. The maximum Gasteiger partial charge on any atom is 0.316 e. The number of thioether (sulfide) groups is 2. The van der Waals surface area contributed by atoms with Crippen LogP contribution >= 0.6 is 35.1 Å². The molecule has 2 fully saturated rings. The van der Waals surface area contributed by atoms with Crippen LogP contribution in [-0.4, -0.2) is 29.9 Å². The zero-order chi connectivity index (χ0) is 18.8. The van der Waals surface area contributed by atoms with E-state index in [0.717, 1.165) is 0 Å². The van der Waals surface area contributed by atoms with E-state index in [4.69, 9.17) is 16.3 Å². The minimum absolute atomic E-state index is 0.115. The molecule has 2 aliphatic rings. The maximum atomic E-state index is 12.5. The zero-order valence-electron chi connectivity index (χ0n) is 14.5. The fraction of sp³-hybridized carbons (Fsp3) is 0.300. The van der Waals surface area contributed by atoms with Gasteiger partial charge in [-0.15, -0.1) is 23.5 Å². The van der Waals surface area contributed by atoms with Crippen LogP contribution in [0.15, 0.2) is 48.5 Å². The van der Waals surface area contributed by atoms with Crippen LogP contribution in [0.1, 0.15) is 16.6 Å². The third-order valence-electron chi connectivity index (χ3n) is 4.59. The minimum Gasteiger partial charge on any atom is -0.426 e. The average Bonchev–Trinajstić information content (AvgIpc) is 3.33. The molecule has 7 heteroatoms. The molecule has 2 saturated heterocycles. The molecule has 0 aliphatic carbocycles. The molecule has 0 aromatic heterocycles. The Balaban J connectivity index is 1.40. The highest BCUT2D eigenvalue weighted by Gasteiger charge is 2.37. The van der Waals surface area contributed by atoms with Crippen molar-refractivity contribution in [1.29, 1.82) is 0 Å². The molecule has 2 aromatic carbocycles. The van der Waals surface area contributed by atoms with Crippen LogP contribution in [0.5, 0.6) is 5.75 Å². The van der Waals surface area contributed by atoms with Crippen LogP contribution in [0.2, 0.25) is 5.02 Å². The predicted octanol–water partition coefficient (Wildman–Crippen LogP) is 4.78. The SMILES string of the molecule is O=C(Oc1ccc(C2SCCS2)cc1)C1CC(=O)N(c2ccccc2Cl)C1. The molecular weight excluding hydrogens is 402 g/mol. The Morgan fingerprint density at radius 3 is 2.48 bits per heavy atom. The molecule has 1 unspecified atom stereocenters. The van der Waals surface area contributed by atoms with Crippen molar-refractivity contribution in [2.75, 3.05) is 23.0 Å². The smallest absolute Gasteiger partial charge is 0.316 e. The van der Waals surface area contributed by atoms with Crippen LogP contribution in [0, 0.1) is 5.92 Å². The van der Waals surface area contributed by atoms with Gasteiger partial charge in [-0.25, -0.2) is 0 Å². The number of carbonyl (C=O) groups is 2. The number of anilines is 1. The van der Waals surface area contributed by atoms with E-state index in [2.05, 4.69) is 0 Å². The number of rotatable bonds is 4. The van der Waals surface area contributed by atoms with E-state index in [1.54, 1.807) is 17.0 Å². The van der Waals surface area contributed by atoms with Gasteiger partial charge in [0, 0.05) is 24.5 Å². The van der Waals surface area contributed by atoms with Crippen molar-refractivity contribution in [2.24, 2.45) is 5.92 Å². The van der Waals surface area contributed by atoms with E-state index in [9.17, 15) is 9.59 Å². The molecule has 0 spiro atoms. The van der Waals surface area contributed by atoms with Crippen molar-refractivity contribution in [2.45, 2.75) is 11.0 Å². The van der Waals surface area contributed by atoms with Crippen molar-refractivity contribution >= 4 is 52.7 Å². The van der Waals surface area contributed by atoms with E-state index in [0.29, 0.717) is 21.0 Å². The lowest BCUT2D eigenvalue weighted by molar-refractivity contribution is -0.139. The van der Waals surface area contributed by atoms with E-state index >= 15 is 0 Å².